The van der Waals surface area contributed by atoms with E-state index in [2.05, 4.69) is 16.6 Å². The molecule has 0 saturated carbocycles. The number of amides is 1. The molecule has 0 unspecified atom stereocenters. The van der Waals surface area contributed by atoms with Gasteiger partial charge in [0.1, 0.15) is 22.9 Å². The standard InChI is InChI=1S/C39H39Cl2N5O5/c1-19-15-24(16-20(2)34(19)41)51-14-8-9-25-26-10-11-28(40)33(32-22(4)42-44(7)23(32)5)36(26)46-21(3)18-45(38(48)37(25)46)29-12-13-31(47)27-17-30(39(49)50)43(6)35(27)29/h10-13,15-17,21,47H,8-9,14,18H2,1-7H3,(H,49,50)/t21-/m1/s1. The molecular weight excluding hydrogens is 689 g/mol. The van der Waals surface area contributed by atoms with Crippen LogP contribution in [0.5, 0.6) is 11.5 Å². The highest BCUT2D eigenvalue weighted by Crippen LogP contribution is 2.46. The van der Waals surface area contributed by atoms with Crippen molar-refractivity contribution in [1.29, 1.82) is 0 Å². The van der Waals surface area contributed by atoms with Gasteiger partial charge in [0.05, 0.1) is 34.0 Å². The van der Waals surface area contributed by atoms with E-state index >= 15 is 0 Å². The molecule has 51 heavy (non-hydrogen) atoms. The van der Waals surface area contributed by atoms with E-state index in [-0.39, 0.29) is 23.4 Å². The minimum atomic E-state index is -1.13. The van der Waals surface area contributed by atoms with Crippen LogP contribution in [0.25, 0.3) is 32.9 Å². The third-order valence-electron chi connectivity index (χ3n) is 10.2. The van der Waals surface area contributed by atoms with E-state index in [1.54, 1.807) is 18.0 Å². The molecule has 264 valence electrons. The fourth-order valence-corrected chi connectivity index (χ4v) is 8.15. The summed E-state index contributed by atoms with van der Waals surface area (Å²) in [7, 11) is 3.54. The topological polar surface area (TPSA) is 115 Å². The number of carbonyl (C=O) groups is 2. The summed E-state index contributed by atoms with van der Waals surface area (Å²) in [5.74, 6) is -0.672. The number of halogens is 2. The first kappa shape index (κ1) is 34.5. The number of rotatable bonds is 8. The average molecular weight is 729 g/mol. The van der Waals surface area contributed by atoms with Crippen LogP contribution in [0.15, 0.2) is 42.5 Å². The number of carbonyl (C=O) groups excluding carboxylic acids is 1. The number of carboxylic acids is 1. The number of fused-ring (bicyclic) bond motifs is 4. The van der Waals surface area contributed by atoms with Gasteiger partial charge >= 0.3 is 5.97 Å². The van der Waals surface area contributed by atoms with Crippen molar-refractivity contribution >= 4 is 62.6 Å². The number of aromatic hydroxyl groups is 1. The summed E-state index contributed by atoms with van der Waals surface area (Å²) in [5, 5.41) is 27.9. The van der Waals surface area contributed by atoms with Crippen molar-refractivity contribution in [2.24, 2.45) is 14.1 Å². The zero-order valence-electron chi connectivity index (χ0n) is 29.6. The maximum absolute atomic E-state index is 15.0. The molecule has 6 aromatic rings. The molecule has 1 amide bonds. The lowest BCUT2D eigenvalue weighted by atomic mass is 9.98. The van der Waals surface area contributed by atoms with Gasteiger partial charge in [0.25, 0.3) is 5.91 Å². The minimum Gasteiger partial charge on any atom is -0.507 e. The van der Waals surface area contributed by atoms with E-state index in [1.807, 2.05) is 63.7 Å². The highest BCUT2D eigenvalue weighted by Gasteiger charge is 2.38. The maximum Gasteiger partial charge on any atom is 0.352 e. The predicted molar refractivity (Wildman–Crippen MR) is 201 cm³/mol. The Morgan fingerprint density at radius 1 is 0.980 bits per heavy atom. The summed E-state index contributed by atoms with van der Waals surface area (Å²) >= 11 is 13.4. The molecule has 1 aliphatic heterocycles. The molecule has 2 N–H and O–H groups in total. The summed E-state index contributed by atoms with van der Waals surface area (Å²) in [6.45, 7) is 10.7. The molecule has 4 heterocycles. The third-order valence-corrected chi connectivity index (χ3v) is 11.1. The first-order valence-corrected chi connectivity index (χ1v) is 17.6. The van der Waals surface area contributed by atoms with E-state index in [4.69, 9.17) is 27.9 Å². The Balaban J connectivity index is 1.39. The van der Waals surface area contributed by atoms with Gasteiger partial charge in [0.2, 0.25) is 0 Å². The summed E-state index contributed by atoms with van der Waals surface area (Å²) in [4.78, 5) is 28.8. The Morgan fingerprint density at radius 3 is 2.33 bits per heavy atom. The monoisotopic (exact) mass is 727 g/mol. The van der Waals surface area contributed by atoms with Crippen molar-refractivity contribution < 1.29 is 24.5 Å². The summed E-state index contributed by atoms with van der Waals surface area (Å²) in [6.07, 6.45) is 1.17. The van der Waals surface area contributed by atoms with Crippen LogP contribution in [0, 0.1) is 27.7 Å². The molecule has 0 spiro atoms. The summed E-state index contributed by atoms with van der Waals surface area (Å²) in [6, 6.07) is 12.2. The number of hydrogen-bond donors (Lipinski definition) is 2. The van der Waals surface area contributed by atoms with Crippen LogP contribution in [0.3, 0.4) is 0 Å². The van der Waals surface area contributed by atoms with E-state index in [0.717, 1.165) is 60.9 Å². The quantitative estimate of drug-likeness (QED) is 0.152. The molecule has 10 nitrogen and oxygen atoms in total. The average Bonchev–Trinajstić information content (AvgIpc) is 3.69. The first-order valence-electron chi connectivity index (χ1n) is 16.8. The molecule has 0 radical (unpaired) electrons. The molecule has 1 aliphatic rings. The van der Waals surface area contributed by atoms with Gasteiger partial charge in [-0.3, -0.25) is 9.48 Å². The number of hydrogen-bond acceptors (Lipinski definition) is 5. The molecule has 7 rings (SSSR count). The van der Waals surface area contributed by atoms with E-state index in [0.29, 0.717) is 53.3 Å². The van der Waals surface area contributed by atoms with Gasteiger partial charge in [-0.05, 0) is 101 Å². The number of phenolic OH excluding ortho intramolecular Hbond substituents is 1. The number of aryl methyl sites for hydroxylation is 6. The summed E-state index contributed by atoms with van der Waals surface area (Å²) in [5.41, 5.74) is 8.74. The van der Waals surface area contributed by atoms with Gasteiger partial charge in [-0.15, -0.1) is 0 Å². The number of carboxylic acid groups (broad SMARTS) is 1. The van der Waals surface area contributed by atoms with Crippen molar-refractivity contribution in [2.75, 3.05) is 18.1 Å². The fourth-order valence-electron chi connectivity index (χ4n) is 7.79. The van der Waals surface area contributed by atoms with E-state index < -0.39 is 5.97 Å². The Bertz CT molecular complexity index is 2420. The van der Waals surface area contributed by atoms with Gasteiger partial charge in [-0.2, -0.15) is 5.10 Å². The highest BCUT2D eigenvalue weighted by molar-refractivity contribution is 6.35. The Kier molecular flexibility index (Phi) is 8.58. The second-order valence-electron chi connectivity index (χ2n) is 13.5. The molecule has 0 bridgehead atoms. The number of anilines is 1. The smallest absolute Gasteiger partial charge is 0.352 e. The van der Waals surface area contributed by atoms with Gasteiger partial charge in [-0.25, -0.2) is 4.79 Å². The van der Waals surface area contributed by atoms with Crippen molar-refractivity contribution in [3.05, 3.63) is 92.0 Å². The third kappa shape index (κ3) is 5.43. The van der Waals surface area contributed by atoms with Gasteiger partial charge in [-0.1, -0.05) is 29.3 Å². The highest BCUT2D eigenvalue weighted by atomic mass is 35.5. The summed E-state index contributed by atoms with van der Waals surface area (Å²) < 4.78 is 11.7. The number of aromatic carboxylic acids is 1. The molecule has 3 aromatic carbocycles. The van der Waals surface area contributed by atoms with Crippen LogP contribution in [0.2, 0.25) is 10.0 Å². The van der Waals surface area contributed by atoms with E-state index in [1.165, 1.54) is 16.7 Å². The molecule has 0 fully saturated rings. The fraction of sp³-hybridized carbons (Fsp3) is 0.308. The number of nitrogens with zero attached hydrogens (tertiary/aromatic N) is 5. The van der Waals surface area contributed by atoms with Crippen LogP contribution in [-0.2, 0) is 20.5 Å². The van der Waals surface area contributed by atoms with Crippen molar-refractivity contribution in [2.45, 2.75) is 53.5 Å². The number of benzene rings is 3. The van der Waals surface area contributed by atoms with Crippen LogP contribution in [0.1, 0.15) is 68.4 Å². The maximum atomic E-state index is 15.0. The second kappa shape index (κ2) is 12.7. The zero-order chi connectivity index (χ0) is 36.6. The number of ether oxygens (including phenoxy) is 1. The molecular formula is C39H39Cl2N5O5. The molecule has 12 heteroatoms. The van der Waals surface area contributed by atoms with Gasteiger partial charge in [0.15, 0.2) is 0 Å². The zero-order valence-corrected chi connectivity index (χ0v) is 31.1. The lowest BCUT2D eigenvalue weighted by Crippen LogP contribution is -2.43. The number of aromatic nitrogens is 4. The number of phenols is 1. The Morgan fingerprint density at radius 2 is 1.69 bits per heavy atom. The first-order chi connectivity index (χ1) is 24.2. The van der Waals surface area contributed by atoms with Gasteiger partial charge < -0.3 is 29.0 Å². The normalized spacial score (nSPS) is 14.6. The van der Waals surface area contributed by atoms with Crippen LogP contribution >= 0.6 is 23.2 Å². The SMILES string of the molecule is Cc1cc(OCCCc2c3n(c4c(-c5c(C)nn(C)c5C)c(Cl)ccc24)[C@H](C)CN(c2ccc(O)c4cc(C(=O)O)n(C)c24)C3=O)cc(C)c1Cl. The molecule has 0 saturated heterocycles. The van der Waals surface area contributed by atoms with Crippen LogP contribution in [-0.4, -0.2) is 54.2 Å². The predicted octanol–water partition coefficient (Wildman–Crippen LogP) is 8.71. The van der Waals surface area contributed by atoms with Crippen molar-refractivity contribution in [3.63, 3.8) is 0 Å². The van der Waals surface area contributed by atoms with Gasteiger partial charge in [0, 0.05) is 59.3 Å². The molecule has 0 aliphatic carbocycles. The second-order valence-corrected chi connectivity index (χ2v) is 14.3. The van der Waals surface area contributed by atoms with Crippen LogP contribution < -0.4 is 9.64 Å². The van der Waals surface area contributed by atoms with Crippen molar-refractivity contribution in [3.8, 4) is 22.6 Å². The molecule has 1 atom stereocenters. The van der Waals surface area contributed by atoms with Crippen LogP contribution in [0.4, 0.5) is 5.69 Å². The Labute approximate surface area is 305 Å². The Hall–Kier alpha value is -4.93. The van der Waals surface area contributed by atoms with E-state index in [9.17, 15) is 19.8 Å². The largest absolute Gasteiger partial charge is 0.507 e. The van der Waals surface area contributed by atoms with Crippen molar-refractivity contribution in [1.82, 2.24) is 18.9 Å². The molecule has 3 aromatic heterocycles. The minimum absolute atomic E-state index is 0.00706. The lowest BCUT2D eigenvalue weighted by molar-refractivity contribution is 0.0687. The lowest BCUT2D eigenvalue weighted by Gasteiger charge is -2.35.